The molecular formula is C21H36O9. The third-order valence-corrected chi connectivity index (χ3v) is 6.43. The topological polar surface area (TPSA) is 154 Å². The van der Waals surface area contributed by atoms with Gasteiger partial charge in [-0.3, -0.25) is 9.59 Å². The highest BCUT2D eigenvalue weighted by Crippen LogP contribution is 2.50. The molecular weight excluding hydrogens is 396 g/mol. The monoisotopic (exact) mass is 432 g/mol. The van der Waals surface area contributed by atoms with E-state index < -0.39 is 71.4 Å². The minimum Gasteiger partial charge on any atom is -0.394 e. The Morgan fingerprint density at radius 3 is 1.90 bits per heavy atom. The summed E-state index contributed by atoms with van der Waals surface area (Å²) in [6.45, 7) is 9.45. The molecule has 1 saturated heterocycles. The summed E-state index contributed by atoms with van der Waals surface area (Å²) in [7, 11) is 0. The number of carbonyl (C=O) groups is 2. The van der Waals surface area contributed by atoms with Crippen molar-refractivity contribution in [1.82, 2.24) is 0 Å². The standard InChI is InChI=1S/C21H36O9/c1-10(2)7-8-21(28)16(26)19(3,4)18(20(5,6)17(21)27)30-15-14(25)13(24)12(23)11(9-22)29-15/h10-15,18,22-25,28H,7-9H2,1-6H3/t11-,12+,13+,14-,15-,18?,21?/m0/s1. The molecule has 0 bridgehead atoms. The fraction of sp³-hybridized carbons (Fsp3) is 0.905. The molecule has 1 saturated carbocycles. The zero-order chi connectivity index (χ0) is 23.2. The zero-order valence-electron chi connectivity index (χ0n) is 18.5. The Morgan fingerprint density at radius 2 is 1.47 bits per heavy atom. The van der Waals surface area contributed by atoms with Gasteiger partial charge in [-0.1, -0.05) is 41.5 Å². The number of hydrogen-bond donors (Lipinski definition) is 5. The van der Waals surface area contributed by atoms with E-state index in [1.165, 1.54) is 0 Å². The van der Waals surface area contributed by atoms with Crippen LogP contribution in [-0.4, -0.2) is 86.1 Å². The molecule has 1 aliphatic heterocycles. The molecule has 5 N–H and O–H groups in total. The van der Waals surface area contributed by atoms with Crippen molar-refractivity contribution in [3.63, 3.8) is 0 Å². The molecule has 2 rings (SSSR count). The van der Waals surface area contributed by atoms with Crippen molar-refractivity contribution in [2.75, 3.05) is 6.61 Å². The summed E-state index contributed by atoms with van der Waals surface area (Å²) in [6, 6.07) is 0. The summed E-state index contributed by atoms with van der Waals surface area (Å²) < 4.78 is 11.3. The Kier molecular flexibility index (Phi) is 7.21. The van der Waals surface area contributed by atoms with Crippen LogP contribution < -0.4 is 0 Å². The fourth-order valence-electron chi connectivity index (χ4n) is 4.69. The van der Waals surface area contributed by atoms with Crippen molar-refractivity contribution in [3.05, 3.63) is 0 Å². The molecule has 174 valence electrons. The van der Waals surface area contributed by atoms with E-state index in [1.807, 2.05) is 13.8 Å². The number of Topliss-reactive ketones (excluding diaryl/α,β-unsaturated/α-hetero) is 2. The highest BCUT2D eigenvalue weighted by atomic mass is 16.7. The van der Waals surface area contributed by atoms with Gasteiger partial charge in [0.15, 0.2) is 23.5 Å². The second-order valence-corrected chi connectivity index (χ2v) is 10.1. The Balaban J connectivity index is 2.37. The summed E-state index contributed by atoms with van der Waals surface area (Å²) >= 11 is 0. The van der Waals surface area contributed by atoms with E-state index in [1.54, 1.807) is 27.7 Å². The van der Waals surface area contributed by atoms with E-state index in [2.05, 4.69) is 0 Å². The number of carbonyl (C=O) groups excluding carboxylic acids is 2. The largest absolute Gasteiger partial charge is 0.394 e. The fourth-order valence-corrected chi connectivity index (χ4v) is 4.69. The zero-order valence-corrected chi connectivity index (χ0v) is 18.5. The smallest absolute Gasteiger partial charge is 0.187 e. The van der Waals surface area contributed by atoms with Gasteiger partial charge in [0.2, 0.25) is 0 Å². The van der Waals surface area contributed by atoms with Gasteiger partial charge in [0.05, 0.1) is 23.5 Å². The minimum absolute atomic E-state index is 0.00194. The Labute approximate surface area is 177 Å². The van der Waals surface area contributed by atoms with Crippen molar-refractivity contribution in [3.8, 4) is 0 Å². The van der Waals surface area contributed by atoms with Crippen LogP contribution in [0.15, 0.2) is 0 Å². The summed E-state index contributed by atoms with van der Waals surface area (Å²) in [5.74, 6) is -1.16. The Bertz CT molecular complexity index is 627. The van der Waals surface area contributed by atoms with Crippen LogP contribution in [0.1, 0.15) is 54.4 Å². The minimum atomic E-state index is -2.15. The lowest BCUT2D eigenvalue weighted by Crippen LogP contribution is -2.70. The first-order valence-electron chi connectivity index (χ1n) is 10.4. The number of ketones is 2. The lowest BCUT2D eigenvalue weighted by molar-refractivity contribution is -0.327. The van der Waals surface area contributed by atoms with Crippen LogP contribution >= 0.6 is 0 Å². The molecule has 0 aromatic rings. The molecule has 1 aliphatic carbocycles. The maximum Gasteiger partial charge on any atom is 0.187 e. The SMILES string of the molecule is CC(C)CCC1(O)C(=O)C(C)(C)C(O[C@@H]2O[C@@H](CO)[C@@H](O)[C@@H](O)[C@@H]2O)C(C)(C)C1=O. The third-order valence-electron chi connectivity index (χ3n) is 6.43. The van der Waals surface area contributed by atoms with Gasteiger partial charge in [-0.25, -0.2) is 0 Å². The number of aliphatic hydroxyl groups excluding tert-OH is 4. The second kappa shape index (κ2) is 8.54. The van der Waals surface area contributed by atoms with Crippen LogP contribution in [0.3, 0.4) is 0 Å². The molecule has 0 aromatic carbocycles. The van der Waals surface area contributed by atoms with Gasteiger partial charge in [0.1, 0.15) is 24.4 Å². The summed E-state index contributed by atoms with van der Waals surface area (Å²) in [4.78, 5) is 26.5. The highest BCUT2D eigenvalue weighted by Gasteiger charge is 2.66. The van der Waals surface area contributed by atoms with Crippen molar-refractivity contribution in [2.45, 2.75) is 96.8 Å². The quantitative estimate of drug-likeness (QED) is 0.351. The highest BCUT2D eigenvalue weighted by molar-refractivity contribution is 6.16. The predicted molar refractivity (Wildman–Crippen MR) is 105 cm³/mol. The number of ether oxygens (including phenoxy) is 2. The van der Waals surface area contributed by atoms with Crippen LogP contribution in [0.5, 0.6) is 0 Å². The van der Waals surface area contributed by atoms with Gasteiger partial charge < -0.3 is 35.0 Å². The van der Waals surface area contributed by atoms with E-state index in [0.717, 1.165) is 0 Å². The molecule has 0 radical (unpaired) electrons. The Morgan fingerprint density at radius 1 is 0.967 bits per heavy atom. The molecule has 9 nitrogen and oxygen atoms in total. The van der Waals surface area contributed by atoms with Crippen molar-refractivity contribution in [2.24, 2.45) is 16.7 Å². The van der Waals surface area contributed by atoms with Crippen LogP contribution in [0.4, 0.5) is 0 Å². The van der Waals surface area contributed by atoms with Crippen molar-refractivity contribution in [1.29, 1.82) is 0 Å². The summed E-state index contributed by atoms with van der Waals surface area (Å²) in [5, 5.41) is 50.8. The number of rotatable bonds is 6. The molecule has 0 spiro atoms. The van der Waals surface area contributed by atoms with E-state index in [9.17, 15) is 35.1 Å². The van der Waals surface area contributed by atoms with Crippen molar-refractivity contribution >= 4 is 11.6 Å². The molecule has 30 heavy (non-hydrogen) atoms. The van der Waals surface area contributed by atoms with Crippen LogP contribution in [0.2, 0.25) is 0 Å². The number of hydrogen-bond acceptors (Lipinski definition) is 9. The predicted octanol–water partition coefficient (Wildman–Crippen LogP) is -0.457. The van der Waals surface area contributed by atoms with E-state index in [4.69, 9.17) is 9.47 Å². The van der Waals surface area contributed by atoms with E-state index in [0.29, 0.717) is 6.42 Å². The molecule has 9 heteroatoms. The summed E-state index contributed by atoms with van der Waals surface area (Å²) in [5.41, 5.74) is -4.81. The molecule has 0 unspecified atom stereocenters. The second-order valence-electron chi connectivity index (χ2n) is 10.1. The van der Waals surface area contributed by atoms with Gasteiger partial charge in [-0.15, -0.1) is 0 Å². The lowest BCUT2D eigenvalue weighted by Gasteiger charge is -2.53. The first-order valence-corrected chi connectivity index (χ1v) is 10.4. The van der Waals surface area contributed by atoms with E-state index in [-0.39, 0.29) is 12.3 Å². The normalized spacial score (nSPS) is 41.3. The van der Waals surface area contributed by atoms with Crippen LogP contribution in [-0.2, 0) is 19.1 Å². The van der Waals surface area contributed by atoms with Gasteiger partial charge in [0, 0.05) is 0 Å². The van der Waals surface area contributed by atoms with Gasteiger partial charge >= 0.3 is 0 Å². The number of aliphatic hydroxyl groups is 5. The average Bonchev–Trinajstić information content (AvgIpc) is 2.67. The maximum absolute atomic E-state index is 13.3. The average molecular weight is 433 g/mol. The molecule has 5 atom stereocenters. The van der Waals surface area contributed by atoms with Gasteiger partial charge in [-0.2, -0.15) is 0 Å². The molecule has 2 aliphatic rings. The lowest BCUT2D eigenvalue weighted by atomic mass is 9.55. The van der Waals surface area contributed by atoms with Crippen LogP contribution in [0, 0.1) is 16.7 Å². The first kappa shape index (κ1) is 25.3. The Hall–Kier alpha value is -0.940. The molecule has 2 fully saturated rings. The van der Waals surface area contributed by atoms with E-state index >= 15 is 0 Å². The van der Waals surface area contributed by atoms with Crippen LogP contribution in [0.25, 0.3) is 0 Å². The first-order chi connectivity index (χ1) is 13.6. The molecule has 0 amide bonds. The summed E-state index contributed by atoms with van der Waals surface area (Å²) in [6.07, 6.45) is -8.16. The van der Waals surface area contributed by atoms with Gasteiger partial charge in [-0.05, 0) is 18.8 Å². The third kappa shape index (κ3) is 4.09. The van der Waals surface area contributed by atoms with Gasteiger partial charge in [0.25, 0.3) is 0 Å². The molecule has 0 aromatic heterocycles. The van der Waals surface area contributed by atoms with Crippen molar-refractivity contribution < 1.29 is 44.6 Å². The maximum atomic E-state index is 13.3. The molecule has 1 heterocycles.